The summed E-state index contributed by atoms with van der Waals surface area (Å²) in [5.41, 5.74) is -0.137. The molecule has 138 valence electrons. The second kappa shape index (κ2) is 9.01. The van der Waals surface area contributed by atoms with Crippen molar-refractivity contribution in [1.29, 1.82) is 0 Å². The molecular formula is C17H34N6O. The van der Waals surface area contributed by atoms with E-state index in [0.717, 1.165) is 19.0 Å². The third-order valence-corrected chi connectivity index (χ3v) is 3.74. The van der Waals surface area contributed by atoms with Gasteiger partial charge in [-0.25, -0.2) is 0 Å². The number of aliphatic imine (C=N–C) groups is 1. The largest absolute Gasteiger partial charge is 0.355 e. The smallest absolute Gasteiger partial charge is 0.232 e. The van der Waals surface area contributed by atoms with Crippen molar-refractivity contribution in [2.75, 3.05) is 20.1 Å². The Morgan fingerprint density at radius 2 is 1.79 bits per heavy atom. The molecule has 0 bridgehead atoms. The van der Waals surface area contributed by atoms with Crippen LogP contribution in [-0.2, 0) is 12.0 Å². The van der Waals surface area contributed by atoms with E-state index in [9.17, 15) is 0 Å². The molecule has 0 aliphatic carbocycles. The fourth-order valence-corrected chi connectivity index (χ4v) is 2.43. The van der Waals surface area contributed by atoms with Gasteiger partial charge < -0.3 is 15.2 Å². The second-order valence-electron chi connectivity index (χ2n) is 7.54. The van der Waals surface area contributed by atoms with Crippen molar-refractivity contribution in [2.24, 2.45) is 4.99 Å². The first kappa shape index (κ1) is 20.4. The molecular weight excluding hydrogens is 304 g/mol. The lowest BCUT2D eigenvalue weighted by Crippen LogP contribution is -2.45. The summed E-state index contributed by atoms with van der Waals surface area (Å²) in [7, 11) is 1.76. The van der Waals surface area contributed by atoms with Crippen molar-refractivity contribution in [1.82, 2.24) is 25.7 Å². The molecule has 0 aliphatic heterocycles. The van der Waals surface area contributed by atoms with Crippen molar-refractivity contribution in [3.05, 3.63) is 11.7 Å². The Morgan fingerprint density at radius 1 is 1.17 bits per heavy atom. The summed E-state index contributed by atoms with van der Waals surface area (Å²) < 4.78 is 5.29. The summed E-state index contributed by atoms with van der Waals surface area (Å²) in [5.74, 6) is 2.02. The molecule has 0 radical (unpaired) electrons. The van der Waals surface area contributed by atoms with Crippen LogP contribution < -0.4 is 10.6 Å². The van der Waals surface area contributed by atoms with E-state index in [0.29, 0.717) is 30.3 Å². The standard InChI is InChI=1S/C17H34N6O/c1-12(2)23(13(3)4)10-9-19-16(18-8)20-11-14-21-15(24-22-14)17(5,6)7/h12-13H,9-11H2,1-8H3,(H2,18,19,20). The molecule has 2 N–H and O–H groups in total. The fourth-order valence-electron chi connectivity index (χ4n) is 2.43. The lowest BCUT2D eigenvalue weighted by molar-refractivity contribution is 0.178. The number of nitrogens with zero attached hydrogens (tertiary/aromatic N) is 4. The summed E-state index contributed by atoms with van der Waals surface area (Å²) >= 11 is 0. The van der Waals surface area contributed by atoms with Gasteiger partial charge in [0.2, 0.25) is 5.89 Å². The Labute approximate surface area is 146 Å². The minimum Gasteiger partial charge on any atom is -0.355 e. The van der Waals surface area contributed by atoms with E-state index < -0.39 is 0 Å². The Kier molecular flexibility index (Phi) is 7.66. The normalized spacial score (nSPS) is 13.2. The quantitative estimate of drug-likeness (QED) is 0.586. The van der Waals surface area contributed by atoms with Gasteiger partial charge in [-0.05, 0) is 27.7 Å². The predicted molar refractivity (Wildman–Crippen MR) is 98.2 cm³/mol. The van der Waals surface area contributed by atoms with Gasteiger partial charge in [-0.15, -0.1) is 0 Å². The summed E-state index contributed by atoms with van der Waals surface area (Å²) in [6.07, 6.45) is 0. The molecule has 7 heteroatoms. The predicted octanol–water partition coefficient (Wildman–Crippen LogP) is 2.15. The van der Waals surface area contributed by atoms with Gasteiger partial charge in [-0.2, -0.15) is 4.98 Å². The maximum atomic E-state index is 5.29. The van der Waals surface area contributed by atoms with Crippen LogP contribution in [0.4, 0.5) is 0 Å². The number of nitrogens with one attached hydrogen (secondary N) is 2. The zero-order valence-electron chi connectivity index (χ0n) is 16.5. The summed E-state index contributed by atoms with van der Waals surface area (Å²) in [5, 5.41) is 10.6. The zero-order chi connectivity index (χ0) is 18.3. The number of guanidine groups is 1. The molecule has 0 aromatic carbocycles. The van der Waals surface area contributed by atoms with Crippen molar-refractivity contribution in [2.45, 2.75) is 72.5 Å². The van der Waals surface area contributed by atoms with Gasteiger partial charge in [0.05, 0.1) is 6.54 Å². The molecule has 1 aromatic rings. The number of hydrogen-bond acceptors (Lipinski definition) is 5. The molecule has 0 saturated heterocycles. The van der Waals surface area contributed by atoms with E-state index in [2.05, 4.69) is 58.4 Å². The highest BCUT2D eigenvalue weighted by Gasteiger charge is 2.21. The second-order valence-corrected chi connectivity index (χ2v) is 7.54. The lowest BCUT2D eigenvalue weighted by Gasteiger charge is -2.30. The zero-order valence-corrected chi connectivity index (χ0v) is 16.5. The highest BCUT2D eigenvalue weighted by Crippen LogP contribution is 2.19. The summed E-state index contributed by atoms with van der Waals surface area (Å²) in [4.78, 5) is 11.1. The van der Waals surface area contributed by atoms with E-state index in [4.69, 9.17) is 4.52 Å². The molecule has 1 rings (SSSR count). The minimum atomic E-state index is -0.137. The van der Waals surface area contributed by atoms with Gasteiger partial charge in [-0.1, -0.05) is 25.9 Å². The molecule has 24 heavy (non-hydrogen) atoms. The lowest BCUT2D eigenvalue weighted by atomic mass is 9.97. The third-order valence-electron chi connectivity index (χ3n) is 3.74. The van der Waals surface area contributed by atoms with Crippen molar-refractivity contribution in [3.8, 4) is 0 Å². The first-order chi connectivity index (χ1) is 11.1. The Bertz CT molecular complexity index is 507. The summed E-state index contributed by atoms with van der Waals surface area (Å²) in [6, 6.07) is 1.05. The van der Waals surface area contributed by atoms with E-state index >= 15 is 0 Å². The highest BCUT2D eigenvalue weighted by molar-refractivity contribution is 5.79. The minimum absolute atomic E-state index is 0.137. The fraction of sp³-hybridized carbons (Fsp3) is 0.824. The van der Waals surface area contributed by atoms with Gasteiger partial charge in [-0.3, -0.25) is 9.89 Å². The first-order valence-corrected chi connectivity index (χ1v) is 8.68. The first-order valence-electron chi connectivity index (χ1n) is 8.68. The molecule has 0 saturated carbocycles. The Balaban J connectivity index is 2.44. The number of rotatable bonds is 7. The van der Waals surface area contributed by atoms with Crippen LogP contribution in [0.25, 0.3) is 0 Å². The SMILES string of the molecule is CN=C(NCCN(C(C)C)C(C)C)NCc1noc(C(C)(C)C)n1. The molecule has 0 unspecified atom stereocenters. The Morgan fingerprint density at radius 3 is 2.25 bits per heavy atom. The number of aromatic nitrogens is 2. The molecule has 0 fully saturated rings. The molecule has 7 nitrogen and oxygen atoms in total. The van der Waals surface area contributed by atoms with Gasteiger partial charge >= 0.3 is 0 Å². The molecule has 1 heterocycles. The van der Waals surface area contributed by atoms with Crippen LogP contribution in [0.3, 0.4) is 0 Å². The van der Waals surface area contributed by atoms with Crippen LogP contribution in [-0.4, -0.2) is 53.2 Å². The summed E-state index contributed by atoms with van der Waals surface area (Å²) in [6.45, 7) is 17.3. The van der Waals surface area contributed by atoms with Crippen LogP contribution in [0.5, 0.6) is 0 Å². The average Bonchev–Trinajstić information content (AvgIpc) is 2.94. The van der Waals surface area contributed by atoms with Crippen LogP contribution in [0.1, 0.15) is 60.2 Å². The molecule has 0 spiro atoms. The van der Waals surface area contributed by atoms with Gasteiger partial charge in [0.25, 0.3) is 0 Å². The monoisotopic (exact) mass is 338 g/mol. The average molecular weight is 339 g/mol. The van der Waals surface area contributed by atoms with Crippen LogP contribution in [0.2, 0.25) is 0 Å². The van der Waals surface area contributed by atoms with Crippen molar-refractivity contribution in [3.63, 3.8) is 0 Å². The highest BCUT2D eigenvalue weighted by atomic mass is 16.5. The third kappa shape index (κ3) is 6.47. The van der Waals surface area contributed by atoms with E-state index in [1.54, 1.807) is 7.05 Å². The van der Waals surface area contributed by atoms with Gasteiger partial charge in [0.15, 0.2) is 11.8 Å². The maximum absolute atomic E-state index is 5.29. The van der Waals surface area contributed by atoms with E-state index in [-0.39, 0.29) is 5.41 Å². The molecule has 0 amide bonds. The van der Waals surface area contributed by atoms with E-state index in [1.165, 1.54) is 0 Å². The van der Waals surface area contributed by atoms with Crippen LogP contribution >= 0.6 is 0 Å². The van der Waals surface area contributed by atoms with Crippen molar-refractivity contribution >= 4 is 5.96 Å². The van der Waals surface area contributed by atoms with Crippen molar-refractivity contribution < 1.29 is 4.52 Å². The Hall–Kier alpha value is -1.63. The molecule has 0 aliphatic rings. The van der Waals surface area contributed by atoms with Gasteiger partial charge in [0.1, 0.15) is 0 Å². The molecule has 0 atom stereocenters. The maximum Gasteiger partial charge on any atom is 0.232 e. The van der Waals surface area contributed by atoms with E-state index in [1.807, 2.05) is 20.8 Å². The van der Waals surface area contributed by atoms with Crippen LogP contribution in [0, 0.1) is 0 Å². The molecule has 1 aromatic heterocycles. The van der Waals surface area contributed by atoms with Crippen LogP contribution in [0.15, 0.2) is 9.52 Å². The van der Waals surface area contributed by atoms with Gasteiger partial charge in [0, 0.05) is 37.6 Å². The topological polar surface area (TPSA) is 78.6 Å². The number of hydrogen-bond donors (Lipinski definition) is 2.